The fourth-order valence-electron chi connectivity index (χ4n) is 1.60. The Morgan fingerprint density at radius 1 is 1.23 bits per heavy atom. The van der Waals surface area contributed by atoms with Gasteiger partial charge in [0, 0.05) is 10.7 Å². The van der Waals surface area contributed by atoms with Crippen molar-refractivity contribution in [3.05, 3.63) is 62.2 Å². The van der Waals surface area contributed by atoms with Gasteiger partial charge in [0.25, 0.3) is 11.5 Å². The summed E-state index contributed by atoms with van der Waals surface area (Å²) in [6.45, 7) is 0. The van der Waals surface area contributed by atoms with E-state index in [4.69, 9.17) is 0 Å². The van der Waals surface area contributed by atoms with E-state index in [9.17, 15) is 27.2 Å². The first-order valence-corrected chi connectivity index (χ1v) is 6.54. The van der Waals surface area contributed by atoms with Gasteiger partial charge in [-0.05, 0) is 40.2 Å². The van der Waals surface area contributed by atoms with E-state index in [1.54, 1.807) is 0 Å². The van der Waals surface area contributed by atoms with Crippen molar-refractivity contribution in [1.82, 2.24) is 4.98 Å². The Balaban J connectivity index is 2.34. The van der Waals surface area contributed by atoms with Gasteiger partial charge in [-0.15, -0.1) is 0 Å². The number of rotatable bonds is 2. The van der Waals surface area contributed by atoms with Gasteiger partial charge in [0.05, 0.1) is 11.1 Å². The fourth-order valence-corrected chi connectivity index (χ4v) is 2.13. The van der Waals surface area contributed by atoms with Crippen LogP contribution in [0.5, 0.6) is 0 Å². The van der Waals surface area contributed by atoms with Crippen LogP contribution in [0.25, 0.3) is 0 Å². The smallest absolute Gasteiger partial charge is 0.327 e. The second kappa shape index (κ2) is 5.91. The maximum atomic E-state index is 12.9. The van der Waals surface area contributed by atoms with Crippen molar-refractivity contribution in [3.8, 4) is 0 Å². The number of alkyl halides is 3. The molecule has 0 aliphatic heterocycles. The monoisotopic (exact) mass is 378 g/mol. The van der Waals surface area contributed by atoms with Crippen molar-refractivity contribution in [2.24, 2.45) is 0 Å². The number of amides is 1. The Morgan fingerprint density at radius 3 is 2.50 bits per heavy atom. The molecule has 2 N–H and O–H groups in total. The molecule has 0 aliphatic rings. The minimum Gasteiger partial charge on any atom is -0.327 e. The number of pyridine rings is 1. The van der Waals surface area contributed by atoms with Crippen LogP contribution in [0.1, 0.15) is 15.9 Å². The zero-order valence-electron chi connectivity index (χ0n) is 10.6. The van der Waals surface area contributed by atoms with E-state index in [2.05, 4.69) is 21.2 Å². The Labute approximate surface area is 129 Å². The van der Waals surface area contributed by atoms with Gasteiger partial charge in [-0.1, -0.05) is 0 Å². The Kier molecular flexibility index (Phi) is 4.36. The number of aromatic amines is 1. The summed E-state index contributed by atoms with van der Waals surface area (Å²) in [5, 5.41) is 2.06. The first-order chi connectivity index (χ1) is 10.2. The number of hydrogen-bond donors (Lipinski definition) is 2. The molecule has 0 atom stereocenters. The van der Waals surface area contributed by atoms with Crippen molar-refractivity contribution >= 4 is 27.5 Å². The maximum absolute atomic E-state index is 12.9. The molecule has 116 valence electrons. The molecule has 0 bridgehead atoms. The number of hydrogen-bond acceptors (Lipinski definition) is 2. The summed E-state index contributed by atoms with van der Waals surface area (Å²) >= 11 is 2.96. The van der Waals surface area contributed by atoms with Crippen LogP contribution in [0, 0.1) is 5.82 Å². The van der Waals surface area contributed by atoms with Gasteiger partial charge in [-0.25, -0.2) is 4.39 Å². The lowest BCUT2D eigenvalue weighted by Gasteiger charge is -2.10. The van der Waals surface area contributed by atoms with Gasteiger partial charge in [0.1, 0.15) is 11.5 Å². The SMILES string of the molecule is O=C(Nc1cc(C(F)(F)F)c[nH]c1=O)c1ccc(F)cc1Br. The van der Waals surface area contributed by atoms with Gasteiger partial charge >= 0.3 is 6.18 Å². The number of benzene rings is 1. The molecule has 2 rings (SSSR count). The van der Waals surface area contributed by atoms with E-state index < -0.39 is 34.7 Å². The molecule has 22 heavy (non-hydrogen) atoms. The van der Waals surface area contributed by atoms with Crippen molar-refractivity contribution in [1.29, 1.82) is 0 Å². The van der Waals surface area contributed by atoms with E-state index in [0.29, 0.717) is 12.3 Å². The third-order valence-corrected chi connectivity index (χ3v) is 3.31. The average molecular weight is 379 g/mol. The first kappa shape index (κ1) is 16.2. The van der Waals surface area contributed by atoms with Gasteiger partial charge in [-0.2, -0.15) is 13.2 Å². The summed E-state index contributed by atoms with van der Waals surface area (Å²) in [7, 11) is 0. The second-order valence-corrected chi connectivity index (χ2v) is 5.06. The van der Waals surface area contributed by atoms with Crippen LogP contribution in [0.2, 0.25) is 0 Å². The highest BCUT2D eigenvalue weighted by Crippen LogP contribution is 2.29. The van der Waals surface area contributed by atoms with E-state index >= 15 is 0 Å². The standard InChI is InChI=1S/C13H7BrF4N2O2/c14-9-4-7(15)1-2-8(9)11(21)20-10-3-6(13(16,17)18)5-19-12(10)22/h1-5H,(H,19,22)(H,20,21). The Hall–Kier alpha value is -2.16. The highest BCUT2D eigenvalue weighted by Gasteiger charge is 2.31. The van der Waals surface area contributed by atoms with Crippen LogP contribution in [0.3, 0.4) is 0 Å². The number of nitrogens with one attached hydrogen (secondary N) is 2. The summed E-state index contributed by atoms with van der Waals surface area (Å²) < 4.78 is 50.8. The number of carbonyl (C=O) groups is 1. The summed E-state index contributed by atoms with van der Waals surface area (Å²) in [6, 6.07) is 3.69. The maximum Gasteiger partial charge on any atom is 0.417 e. The van der Waals surface area contributed by atoms with Crippen LogP contribution in [0.15, 0.2) is 39.7 Å². The molecule has 1 aromatic heterocycles. The fraction of sp³-hybridized carbons (Fsp3) is 0.0769. The minimum absolute atomic E-state index is 0.0294. The highest BCUT2D eigenvalue weighted by atomic mass is 79.9. The quantitative estimate of drug-likeness (QED) is 0.785. The van der Waals surface area contributed by atoms with Crippen LogP contribution < -0.4 is 10.9 Å². The summed E-state index contributed by atoms with van der Waals surface area (Å²) in [4.78, 5) is 25.4. The third kappa shape index (κ3) is 3.53. The molecule has 4 nitrogen and oxygen atoms in total. The number of anilines is 1. The Bertz CT molecular complexity index is 786. The molecule has 2 aromatic rings. The van der Waals surface area contributed by atoms with Gasteiger partial charge in [0.15, 0.2) is 0 Å². The summed E-state index contributed by atoms with van der Waals surface area (Å²) in [6.07, 6.45) is -4.16. The van der Waals surface area contributed by atoms with E-state index in [1.165, 1.54) is 0 Å². The predicted octanol–water partition coefficient (Wildman–Crippen LogP) is 3.55. The molecule has 0 unspecified atom stereocenters. The lowest BCUT2D eigenvalue weighted by Crippen LogP contribution is -2.21. The molecular weight excluding hydrogens is 372 g/mol. The van der Waals surface area contributed by atoms with Crippen LogP contribution >= 0.6 is 15.9 Å². The summed E-state index contributed by atoms with van der Waals surface area (Å²) in [5.74, 6) is -1.45. The molecule has 9 heteroatoms. The molecule has 1 amide bonds. The topological polar surface area (TPSA) is 62.0 Å². The first-order valence-electron chi connectivity index (χ1n) is 5.75. The lowest BCUT2D eigenvalue weighted by atomic mass is 10.2. The third-order valence-electron chi connectivity index (χ3n) is 2.65. The molecule has 1 heterocycles. The Morgan fingerprint density at radius 2 is 1.91 bits per heavy atom. The van der Waals surface area contributed by atoms with Crippen molar-refractivity contribution < 1.29 is 22.4 Å². The highest BCUT2D eigenvalue weighted by molar-refractivity contribution is 9.10. The zero-order valence-corrected chi connectivity index (χ0v) is 12.2. The second-order valence-electron chi connectivity index (χ2n) is 4.21. The lowest BCUT2D eigenvalue weighted by molar-refractivity contribution is -0.137. The van der Waals surface area contributed by atoms with Crippen molar-refractivity contribution in [3.63, 3.8) is 0 Å². The molecule has 1 aromatic carbocycles. The molecule has 0 radical (unpaired) electrons. The number of aromatic nitrogens is 1. The molecule has 0 saturated carbocycles. The van der Waals surface area contributed by atoms with Gasteiger partial charge in [0.2, 0.25) is 0 Å². The van der Waals surface area contributed by atoms with Crippen molar-refractivity contribution in [2.75, 3.05) is 5.32 Å². The van der Waals surface area contributed by atoms with Crippen LogP contribution in [0.4, 0.5) is 23.2 Å². The normalized spacial score (nSPS) is 11.3. The van der Waals surface area contributed by atoms with Crippen molar-refractivity contribution in [2.45, 2.75) is 6.18 Å². The molecule has 0 fully saturated rings. The van der Waals surface area contributed by atoms with Gasteiger partial charge in [-0.3, -0.25) is 9.59 Å². The number of halogens is 5. The van der Waals surface area contributed by atoms with Crippen LogP contribution in [-0.4, -0.2) is 10.9 Å². The van der Waals surface area contributed by atoms with E-state index in [0.717, 1.165) is 18.2 Å². The molecule has 0 spiro atoms. The summed E-state index contributed by atoms with van der Waals surface area (Å²) in [5.41, 5.74) is -2.59. The predicted molar refractivity (Wildman–Crippen MR) is 74.1 cm³/mol. The number of carbonyl (C=O) groups excluding carboxylic acids is 1. The largest absolute Gasteiger partial charge is 0.417 e. The van der Waals surface area contributed by atoms with E-state index in [-0.39, 0.29) is 10.0 Å². The molecular formula is C13H7BrF4N2O2. The van der Waals surface area contributed by atoms with Crippen LogP contribution in [-0.2, 0) is 6.18 Å². The zero-order chi connectivity index (χ0) is 16.5. The van der Waals surface area contributed by atoms with Gasteiger partial charge < -0.3 is 10.3 Å². The number of H-pyrrole nitrogens is 1. The molecule has 0 saturated heterocycles. The molecule has 0 aliphatic carbocycles. The van der Waals surface area contributed by atoms with E-state index in [1.807, 2.05) is 4.98 Å². The average Bonchev–Trinajstić information content (AvgIpc) is 2.39. The minimum atomic E-state index is -4.67.